The molecule has 0 saturated heterocycles. The molecule has 0 radical (unpaired) electrons. The molecular formula is C18H17N5O7. The number of phenolic OH excluding ortho intramolecular Hbond substituents is 1. The number of non-ortho nitro benzene ring substituents is 1. The number of anilines is 1. The van der Waals surface area contributed by atoms with Gasteiger partial charge < -0.3 is 10.4 Å². The van der Waals surface area contributed by atoms with Gasteiger partial charge in [-0.3, -0.25) is 29.8 Å². The van der Waals surface area contributed by atoms with Gasteiger partial charge in [0.25, 0.3) is 5.69 Å². The molecule has 30 heavy (non-hydrogen) atoms. The van der Waals surface area contributed by atoms with Gasteiger partial charge in [-0.15, -0.1) is 0 Å². The van der Waals surface area contributed by atoms with Crippen molar-refractivity contribution in [3.63, 3.8) is 0 Å². The summed E-state index contributed by atoms with van der Waals surface area (Å²) in [6.07, 6.45) is 0.514. The van der Waals surface area contributed by atoms with Gasteiger partial charge >= 0.3 is 5.69 Å². The molecule has 0 heterocycles. The Morgan fingerprint density at radius 1 is 1.10 bits per heavy atom. The Morgan fingerprint density at radius 3 is 2.40 bits per heavy atom. The number of nitrogens with one attached hydrogen (secondary N) is 2. The van der Waals surface area contributed by atoms with Crippen molar-refractivity contribution in [2.75, 3.05) is 5.32 Å². The van der Waals surface area contributed by atoms with Crippen molar-refractivity contribution in [2.45, 2.75) is 19.8 Å². The molecule has 0 spiro atoms. The third-order valence-electron chi connectivity index (χ3n) is 3.90. The molecule has 0 saturated carbocycles. The van der Waals surface area contributed by atoms with Crippen LogP contribution in [0.1, 0.15) is 24.0 Å². The van der Waals surface area contributed by atoms with E-state index in [1.54, 1.807) is 12.1 Å². The zero-order valence-electron chi connectivity index (χ0n) is 15.7. The van der Waals surface area contributed by atoms with Crippen LogP contribution in [0.4, 0.5) is 17.1 Å². The second kappa shape index (κ2) is 9.73. The summed E-state index contributed by atoms with van der Waals surface area (Å²) in [6.45, 7) is 1.82. The van der Waals surface area contributed by atoms with Crippen molar-refractivity contribution < 1.29 is 24.5 Å². The fourth-order valence-corrected chi connectivity index (χ4v) is 2.35. The van der Waals surface area contributed by atoms with Gasteiger partial charge in [0.05, 0.1) is 27.7 Å². The van der Waals surface area contributed by atoms with E-state index in [9.17, 15) is 34.9 Å². The van der Waals surface area contributed by atoms with Crippen LogP contribution in [0.15, 0.2) is 41.5 Å². The number of rotatable bonds is 8. The summed E-state index contributed by atoms with van der Waals surface area (Å²) in [6, 6.07) is 8.61. The highest BCUT2D eigenvalue weighted by molar-refractivity contribution is 5.94. The zero-order valence-corrected chi connectivity index (χ0v) is 15.7. The van der Waals surface area contributed by atoms with Crippen molar-refractivity contribution >= 4 is 35.1 Å². The number of hydrogen-bond donors (Lipinski definition) is 3. The number of aryl methyl sites for hydroxylation is 1. The summed E-state index contributed by atoms with van der Waals surface area (Å²) < 4.78 is 0. The first-order chi connectivity index (χ1) is 14.2. The standard InChI is InChI=1S/C18H17N5O7/c1-11-4-2-3-5-14(11)20-16(24)6-7-17(25)21-19-10-12-8-13(22(27)28)9-15(18(12)26)23(29)30/h2-5,8-10,26H,6-7H2,1H3,(H,20,24)(H,21,25)/b19-10-. The maximum atomic E-state index is 11.9. The maximum Gasteiger partial charge on any atom is 0.318 e. The number of carbonyl (C=O) groups is 2. The first kappa shape index (κ1) is 21.9. The summed E-state index contributed by atoms with van der Waals surface area (Å²) in [4.78, 5) is 43.7. The third kappa shape index (κ3) is 5.82. The van der Waals surface area contributed by atoms with E-state index in [4.69, 9.17) is 0 Å². The van der Waals surface area contributed by atoms with E-state index < -0.39 is 32.9 Å². The minimum Gasteiger partial charge on any atom is -0.502 e. The van der Waals surface area contributed by atoms with Crippen LogP contribution in [0.5, 0.6) is 5.75 Å². The predicted molar refractivity (Wildman–Crippen MR) is 106 cm³/mol. The van der Waals surface area contributed by atoms with Crippen molar-refractivity contribution in [1.82, 2.24) is 5.43 Å². The smallest absolute Gasteiger partial charge is 0.318 e. The van der Waals surface area contributed by atoms with Gasteiger partial charge in [-0.25, -0.2) is 5.43 Å². The van der Waals surface area contributed by atoms with Crippen LogP contribution in [-0.4, -0.2) is 33.0 Å². The Bertz CT molecular complexity index is 1040. The molecule has 2 aromatic carbocycles. The molecule has 3 N–H and O–H groups in total. The molecule has 0 bridgehead atoms. The SMILES string of the molecule is Cc1ccccc1NC(=O)CCC(=O)N/N=C\c1cc([N+](=O)[O-])cc([N+](=O)[O-])c1O. The van der Waals surface area contributed by atoms with Crippen molar-refractivity contribution in [1.29, 1.82) is 0 Å². The van der Waals surface area contributed by atoms with E-state index in [2.05, 4.69) is 15.8 Å². The van der Waals surface area contributed by atoms with E-state index in [1.165, 1.54) is 0 Å². The normalized spacial score (nSPS) is 10.6. The van der Waals surface area contributed by atoms with Gasteiger partial charge in [0.2, 0.25) is 17.6 Å². The number of para-hydroxylation sites is 1. The Kier molecular flexibility index (Phi) is 7.11. The molecule has 12 heteroatoms. The van der Waals surface area contributed by atoms with Crippen molar-refractivity contribution in [3.8, 4) is 5.75 Å². The number of nitro groups is 2. The third-order valence-corrected chi connectivity index (χ3v) is 3.90. The molecule has 12 nitrogen and oxygen atoms in total. The monoisotopic (exact) mass is 415 g/mol. The molecule has 0 unspecified atom stereocenters. The molecule has 0 fully saturated rings. The van der Waals surface area contributed by atoms with Crippen LogP contribution in [0.3, 0.4) is 0 Å². The van der Waals surface area contributed by atoms with E-state index in [0.29, 0.717) is 11.8 Å². The molecule has 2 amide bonds. The number of carbonyl (C=O) groups excluding carboxylic acids is 2. The first-order valence-electron chi connectivity index (χ1n) is 8.52. The highest BCUT2D eigenvalue weighted by Gasteiger charge is 2.23. The van der Waals surface area contributed by atoms with Crippen LogP contribution in [-0.2, 0) is 9.59 Å². The first-order valence-corrected chi connectivity index (χ1v) is 8.52. The van der Waals surface area contributed by atoms with Gasteiger partial charge in [-0.1, -0.05) is 18.2 Å². The molecule has 156 valence electrons. The largest absolute Gasteiger partial charge is 0.502 e. The summed E-state index contributed by atoms with van der Waals surface area (Å²) in [7, 11) is 0. The Hall–Kier alpha value is -4.35. The zero-order chi connectivity index (χ0) is 22.3. The van der Waals surface area contributed by atoms with E-state index >= 15 is 0 Å². The van der Waals surface area contributed by atoms with Crippen LogP contribution in [0.2, 0.25) is 0 Å². The molecule has 0 aliphatic carbocycles. The number of phenols is 1. The van der Waals surface area contributed by atoms with E-state index in [0.717, 1.165) is 17.8 Å². The lowest BCUT2D eigenvalue weighted by Gasteiger charge is -2.07. The average molecular weight is 415 g/mol. The quantitative estimate of drug-likeness (QED) is 0.336. The lowest BCUT2D eigenvalue weighted by atomic mass is 10.1. The van der Waals surface area contributed by atoms with Gasteiger partial charge in [-0.2, -0.15) is 5.10 Å². The van der Waals surface area contributed by atoms with Crippen LogP contribution < -0.4 is 10.7 Å². The average Bonchev–Trinajstić information content (AvgIpc) is 2.69. The van der Waals surface area contributed by atoms with Crippen LogP contribution in [0.25, 0.3) is 0 Å². The molecule has 2 rings (SSSR count). The molecule has 2 aromatic rings. The summed E-state index contributed by atoms with van der Waals surface area (Å²) in [5.41, 5.74) is 1.76. The second-order valence-electron chi connectivity index (χ2n) is 6.07. The Morgan fingerprint density at radius 2 is 1.77 bits per heavy atom. The Labute approximate surface area is 169 Å². The summed E-state index contributed by atoms with van der Waals surface area (Å²) in [5.74, 6) is -1.85. The van der Waals surface area contributed by atoms with Gasteiger partial charge in [0.15, 0.2) is 0 Å². The number of aromatic hydroxyl groups is 1. The minimum atomic E-state index is -0.981. The molecule has 0 aliphatic heterocycles. The topological polar surface area (TPSA) is 177 Å². The van der Waals surface area contributed by atoms with Gasteiger partial charge in [0.1, 0.15) is 0 Å². The van der Waals surface area contributed by atoms with Crippen LogP contribution in [0, 0.1) is 27.2 Å². The fraction of sp³-hybridized carbons (Fsp3) is 0.167. The molecular weight excluding hydrogens is 398 g/mol. The number of hydrazone groups is 1. The summed E-state index contributed by atoms with van der Waals surface area (Å²) >= 11 is 0. The fourth-order valence-electron chi connectivity index (χ4n) is 2.35. The number of nitrogens with zero attached hydrogens (tertiary/aromatic N) is 3. The van der Waals surface area contributed by atoms with Gasteiger partial charge in [0, 0.05) is 24.6 Å². The maximum absolute atomic E-state index is 11.9. The highest BCUT2D eigenvalue weighted by atomic mass is 16.6. The van der Waals surface area contributed by atoms with Crippen molar-refractivity contribution in [2.24, 2.45) is 5.10 Å². The number of benzene rings is 2. The summed E-state index contributed by atoms with van der Waals surface area (Å²) in [5, 5.41) is 37.8. The highest BCUT2D eigenvalue weighted by Crippen LogP contribution is 2.33. The number of hydrogen-bond acceptors (Lipinski definition) is 8. The van der Waals surface area contributed by atoms with Crippen molar-refractivity contribution in [3.05, 3.63) is 67.8 Å². The lowest BCUT2D eigenvalue weighted by molar-refractivity contribution is -0.394. The molecule has 0 aliphatic rings. The second-order valence-corrected chi connectivity index (χ2v) is 6.07. The number of amides is 2. The molecule has 0 atom stereocenters. The van der Waals surface area contributed by atoms with Crippen LogP contribution >= 0.6 is 0 Å². The van der Waals surface area contributed by atoms with Gasteiger partial charge in [-0.05, 0) is 18.6 Å². The predicted octanol–water partition coefficient (Wildman–Crippen LogP) is 2.39. The lowest BCUT2D eigenvalue weighted by Crippen LogP contribution is -2.20. The van der Waals surface area contributed by atoms with E-state index in [-0.39, 0.29) is 24.3 Å². The van der Waals surface area contributed by atoms with E-state index in [1.807, 2.05) is 19.1 Å². The molecule has 0 aromatic heterocycles. The number of nitro benzene ring substituents is 2. The Balaban J connectivity index is 1.96. The minimum absolute atomic E-state index is 0.122.